The molecule has 1 saturated heterocycles. The van der Waals surface area contributed by atoms with Gasteiger partial charge in [0.25, 0.3) is 0 Å². The van der Waals surface area contributed by atoms with Gasteiger partial charge < -0.3 is 10.1 Å². The molecule has 2 nitrogen and oxygen atoms in total. The third-order valence-corrected chi connectivity index (χ3v) is 2.73. The molecule has 0 bridgehead atoms. The van der Waals surface area contributed by atoms with Gasteiger partial charge in [-0.3, -0.25) is 0 Å². The van der Waals surface area contributed by atoms with Crippen molar-refractivity contribution >= 4 is 12.4 Å². The average molecular weight is 246 g/mol. The first kappa shape index (κ1) is 13.4. The summed E-state index contributed by atoms with van der Waals surface area (Å²) in [5, 5.41) is 3.28. The lowest BCUT2D eigenvalue weighted by molar-refractivity contribution is 0.0905. The van der Waals surface area contributed by atoms with Gasteiger partial charge in [-0.05, 0) is 24.9 Å². The number of hydrogen-bond acceptors (Lipinski definition) is 2. The Morgan fingerprint density at radius 3 is 2.88 bits per heavy atom. The third-order valence-electron chi connectivity index (χ3n) is 2.73. The number of rotatable bonds is 4. The molecule has 0 amide bonds. The fourth-order valence-corrected chi connectivity index (χ4v) is 1.81. The van der Waals surface area contributed by atoms with Crippen molar-refractivity contribution in [1.29, 1.82) is 0 Å². The van der Waals surface area contributed by atoms with E-state index in [1.807, 2.05) is 6.07 Å². The van der Waals surface area contributed by atoms with Gasteiger partial charge in [-0.2, -0.15) is 0 Å². The van der Waals surface area contributed by atoms with E-state index in [2.05, 4.69) is 5.32 Å². The van der Waals surface area contributed by atoms with Crippen LogP contribution < -0.4 is 5.32 Å². The van der Waals surface area contributed by atoms with Gasteiger partial charge in [0.2, 0.25) is 0 Å². The molecule has 0 spiro atoms. The van der Waals surface area contributed by atoms with E-state index in [1.165, 1.54) is 6.07 Å². The predicted molar refractivity (Wildman–Crippen MR) is 64.3 cm³/mol. The molecule has 1 atom stereocenters. The predicted octanol–water partition coefficient (Wildman–Crippen LogP) is 2.37. The van der Waals surface area contributed by atoms with Crippen LogP contribution >= 0.6 is 12.4 Å². The normalized spacial score (nSPS) is 19.4. The molecular weight excluding hydrogens is 229 g/mol. The molecule has 1 unspecified atom stereocenters. The summed E-state index contributed by atoms with van der Waals surface area (Å²) < 4.78 is 18.7. The van der Waals surface area contributed by atoms with E-state index in [-0.39, 0.29) is 18.2 Å². The van der Waals surface area contributed by atoms with Gasteiger partial charge in [0, 0.05) is 12.1 Å². The first-order valence-electron chi connectivity index (χ1n) is 5.38. The second-order valence-electron chi connectivity index (χ2n) is 3.97. The zero-order valence-electron chi connectivity index (χ0n) is 9.12. The molecule has 1 N–H and O–H groups in total. The van der Waals surface area contributed by atoms with E-state index in [1.54, 1.807) is 12.1 Å². The van der Waals surface area contributed by atoms with E-state index in [4.69, 9.17) is 4.74 Å². The van der Waals surface area contributed by atoms with Crippen molar-refractivity contribution in [2.24, 2.45) is 5.92 Å². The summed E-state index contributed by atoms with van der Waals surface area (Å²) in [6.45, 7) is 3.20. The molecule has 0 saturated carbocycles. The van der Waals surface area contributed by atoms with E-state index in [0.29, 0.717) is 18.1 Å². The van der Waals surface area contributed by atoms with Crippen LogP contribution in [-0.2, 0) is 11.3 Å². The van der Waals surface area contributed by atoms with Crippen molar-refractivity contribution in [3.05, 3.63) is 35.6 Å². The Morgan fingerprint density at radius 2 is 2.19 bits per heavy atom. The van der Waals surface area contributed by atoms with Gasteiger partial charge >= 0.3 is 0 Å². The van der Waals surface area contributed by atoms with Crippen molar-refractivity contribution in [2.45, 2.75) is 13.0 Å². The van der Waals surface area contributed by atoms with Crippen molar-refractivity contribution in [3.8, 4) is 0 Å². The van der Waals surface area contributed by atoms with Crippen molar-refractivity contribution in [3.63, 3.8) is 0 Å². The minimum atomic E-state index is -0.179. The van der Waals surface area contributed by atoms with E-state index >= 15 is 0 Å². The van der Waals surface area contributed by atoms with E-state index in [0.717, 1.165) is 26.1 Å². The summed E-state index contributed by atoms with van der Waals surface area (Å²) in [4.78, 5) is 0. The molecular formula is C12H17ClFNO. The van der Waals surface area contributed by atoms with Gasteiger partial charge in [0.15, 0.2) is 0 Å². The molecule has 16 heavy (non-hydrogen) atoms. The van der Waals surface area contributed by atoms with Crippen LogP contribution in [0.3, 0.4) is 0 Å². The van der Waals surface area contributed by atoms with Crippen LogP contribution in [0.15, 0.2) is 24.3 Å². The number of hydrogen-bond donors (Lipinski definition) is 1. The van der Waals surface area contributed by atoms with Crippen LogP contribution in [0.5, 0.6) is 0 Å². The number of ether oxygens (including phenoxy) is 1. The van der Waals surface area contributed by atoms with E-state index < -0.39 is 0 Å². The van der Waals surface area contributed by atoms with Crippen molar-refractivity contribution in [1.82, 2.24) is 5.32 Å². The molecule has 0 aromatic heterocycles. The molecule has 1 heterocycles. The fourth-order valence-electron chi connectivity index (χ4n) is 1.81. The minimum absolute atomic E-state index is 0. The largest absolute Gasteiger partial charge is 0.376 e. The quantitative estimate of drug-likeness (QED) is 0.880. The maximum Gasteiger partial charge on any atom is 0.128 e. The topological polar surface area (TPSA) is 21.3 Å². The Morgan fingerprint density at radius 1 is 1.38 bits per heavy atom. The summed E-state index contributed by atoms with van der Waals surface area (Å²) in [7, 11) is 0. The molecule has 1 aromatic rings. The molecule has 2 rings (SSSR count). The van der Waals surface area contributed by atoms with Crippen LogP contribution in [-0.4, -0.2) is 19.7 Å². The van der Waals surface area contributed by atoms with Crippen LogP contribution in [0.4, 0.5) is 4.39 Å². The van der Waals surface area contributed by atoms with Gasteiger partial charge in [-0.15, -0.1) is 12.4 Å². The Kier molecular flexibility index (Phi) is 5.74. The SMILES string of the molecule is Cl.Fc1ccccc1COCC1CCNC1. The van der Waals surface area contributed by atoms with Crippen LogP contribution in [0.2, 0.25) is 0 Å². The molecule has 1 aliphatic heterocycles. The molecule has 0 aliphatic carbocycles. The molecule has 90 valence electrons. The Balaban J connectivity index is 0.00000128. The van der Waals surface area contributed by atoms with Crippen LogP contribution in [0, 0.1) is 11.7 Å². The highest BCUT2D eigenvalue weighted by Gasteiger charge is 2.14. The zero-order chi connectivity index (χ0) is 10.5. The summed E-state index contributed by atoms with van der Waals surface area (Å²) in [5.74, 6) is 0.416. The van der Waals surface area contributed by atoms with Crippen LogP contribution in [0.1, 0.15) is 12.0 Å². The van der Waals surface area contributed by atoms with Gasteiger partial charge in [0.1, 0.15) is 5.82 Å². The number of halogens is 2. The number of benzene rings is 1. The Labute approximate surface area is 102 Å². The van der Waals surface area contributed by atoms with E-state index in [9.17, 15) is 4.39 Å². The van der Waals surface area contributed by atoms with Gasteiger partial charge in [-0.25, -0.2) is 4.39 Å². The van der Waals surface area contributed by atoms with Gasteiger partial charge in [-0.1, -0.05) is 18.2 Å². The molecule has 1 aliphatic rings. The second kappa shape index (κ2) is 6.84. The maximum absolute atomic E-state index is 13.2. The fraction of sp³-hybridized carbons (Fsp3) is 0.500. The summed E-state index contributed by atoms with van der Waals surface area (Å²) in [6.07, 6.45) is 1.16. The highest BCUT2D eigenvalue weighted by atomic mass is 35.5. The smallest absolute Gasteiger partial charge is 0.128 e. The molecule has 4 heteroatoms. The minimum Gasteiger partial charge on any atom is -0.376 e. The maximum atomic E-state index is 13.2. The average Bonchev–Trinajstić information content (AvgIpc) is 2.74. The lowest BCUT2D eigenvalue weighted by Crippen LogP contribution is -2.13. The van der Waals surface area contributed by atoms with Crippen molar-refractivity contribution in [2.75, 3.05) is 19.7 Å². The van der Waals surface area contributed by atoms with Crippen molar-refractivity contribution < 1.29 is 9.13 Å². The second-order valence-corrected chi connectivity index (χ2v) is 3.97. The third kappa shape index (κ3) is 3.74. The first-order valence-corrected chi connectivity index (χ1v) is 5.38. The zero-order valence-corrected chi connectivity index (χ0v) is 9.93. The molecule has 0 radical (unpaired) electrons. The Hall–Kier alpha value is -0.640. The lowest BCUT2D eigenvalue weighted by atomic mass is 10.1. The Bertz CT molecular complexity index is 316. The highest BCUT2D eigenvalue weighted by molar-refractivity contribution is 5.85. The van der Waals surface area contributed by atoms with Crippen LogP contribution in [0.25, 0.3) is 0 Å². The summed E-state index contributed by atoms with van der Waals surface area (Å²) >= 11 is 0. The first-order chi connectivity index (χ1) is 7.36. The molecule has 1 fully saturated rings. The summed E-state index contributed by atoms with van der Waals surface area (Å²) in [5.41, 5.74) is 0.642. The summed E-state index contributed by atoms with van der Waals surface area (Å²) in [6, 6.07) is 6.76. The highest BCUT2D eigenvalue weighted by Crippen LogP contribution is 2.11. The monoisotopic (exact) mass is 245 g/mol. The standard InChI is InChI=1S/C12H16FNO.ClH/c13-12-4-2-1-3-11(12)9-15-8-10-5-6-14-7-10;/h1-4,10,14H,5-9H2;1H. The molecule has 1 aromatic carbocycles. The lowest BCUT2D eigenvalue weighted by Gasteiger charge is -2.09. The number of nitrogens with one attached hydrogen (secondary N) is 1. The van der Waals surface area contributed by atoms with Gasteiger partial charge in [0.05, 0.1) is 13.2 Å².